The number of benzene rings is 1. The summed E-state index contributed by atoms with van der Waals surface area (Å²) >= 11 is 0. The Hall–Kier alpha value is -1.58. The third kappa shape index (κ3) is 3.30. The largest absolute Gasteiger partial charge is 0.379 e. The number of halogens is 1. The lowest BCUT2D eigenvalue weighted by Gasteiger charge is -2.35. The van der Waals surface area contributed by atoms with Gasteiger partial charge in [0.05, 0.1) is 12.6 Å². The first-order valence-corrected chi connectivity index (χ1v) is 7.24. The molecule has 0 bridgehead atoms. The second kappa shape index (κ2) is 6.25. The molecule has 0 radical (unpaired) electrons. The number of carbonyl (C=O) groups excluding carboxylic acids is 1. The topological polar surface area (TPSA) is 32.3 Å². The monoisotopic (exact) mass is 278 g/mol. The summed E-state index contributed by atoms with van der Waals surface area (Å²) in [7, 11) is 0. The van der Waals surface area contributed by atoms with Crippen molar-refractivity contribution in [3.63, 3.8) is 0 Å². The van der Waals surface area contributed by atoms with Crippen LogP contribution in [-0.2, 0) is 4.79 Å². The molecular weight excluding hydrogens is 255 g/mol. The van der Waals surface area contributed by atoms with Crippen LogP contribution in [0.15, 0.2) is 24.3 Å². The molecule has 1 aromatic rings. The molecule has 20 heavy (non-hydrogen) atoms. The second-order valence-electron chi connectivity index (χ2n) is 5.76. The average Bonchev–Trinajstić information content (AvgIpc) is 2.41. The lowest BCUT2D eigenvalue weighted by atomic mass is 9.98. The predicted octanol–water partition coefficient (Wildman–Crippen LogP) is 3.18. The van der Waals surface area contributed by atoms with Gasteiger partial charge in [-0.1, -0.05) is 32.0 Å². The zero-order chi connectivity index (χ0) is 14.7. The fourth-order valence-electron chi connectivity index (χ4n) is 2.69. The van der Waals surface area contributed by atoms with E-state index in [1.54, 1.807) is 4.90 Å². The van der Waals surface area contributed by atoms with Gasteiger partial charge in [-0.25, -0.2) is 4.39 Å². The fraction of sp³-hybridized carbons (Fsp3) is 0.562. The van der Waals surface area contributed by atoms with Gasteiger partial charge in [-0.05, 0) is 24.0 Å². The van der Waals surface area contributed by atoms with E-state index in [0.29, 0.717) is 18.9 Å². The first-order chi connectivity index (χ1) is 9.49. The van der Waals surface area contributed by atoms with Crippen molar-refractivity contribution in [1.29, 1.82) is 0 Å². The van der Waals surface area contributed by atoms with Crippen LogP contribution in [0.3, 0.4) is 0 Å². The van der Waals surface area contributed by atoms with E-state index >= 15 is 0 Å². The smallest absolute Gasteiger partial charge is 0.219 e. The van der Waals surface area contributed by atoms with Crippen molar-refractivity contribution < 1.29 is 9.18 Å². The van der Waals surface area contributed by atoms with Gasteiger partial charge in [0.2, 0.25) is 5.91 Å². The summed E-state index contributed by atoms with van der Waals surface area (Å²) < 4.78 is 14.2. The average molecular weight is 278 g/mol. The number of alkyl halides is 1. The molecule has 1 aromatic carbocycles. The lowest BCUT2D eigenvalue weighted by molar-refractivity contribution is -0.131. The Morgan fingerprint density at radius 2 is 2.10 bits per heavy atom. The van der Waals surface area contributed by atoms with E-state index in [1.165, 1.54) is 12.5 Å². The third-order valence-corrected chi connectivity index (χ3v) is 3.91. The molecule has 4 heteroatoms. The van der Waals surface area contributed by atoms with Crippen molar-refractivity contribution in [1.82, 2.24) is 4.90 Å². The van der Waals surface area contributed by atoms with Gasteiger partial charge < -0.3 is 10.2 Å². The Labute approximate surface area is 120 Å². The molecule has 2 atom stereocenters. The molecular formula is C16H23FN2O. The van der Waals surface area contributed by atoms with Crippen molar-refractivity contribution in [2.75, 3.05) is 18.4 Å². The number of hydrogen-bond donors (Lipinski definition) is 1. The van der Waals surface area contributed by atoms with E-state index in [1.807, 2.05) is 18.2 Å². The second-order valence-corrected chi connectivity index (χ2v) is 5.76. The number of rotatable bonds is 3. The quantitative estimate of drug-likeness (QED) is 0.921. The van der Waals surface area contributed by atoms with Crippen molar-refractivity contribution in [2.45, 2.75) is 45.3 Å². The van der Waals surface area contributed by atoms with Gasteiger partial charge in [0, 0.05) is 19.2 Å². The van der Waals surface area contributed by atoms with Gasteiger partial charge >= 0.3 is 0 Å². The number of likely N-dealkylation sites (tertiary alicyclic amines) is 1. The number of piperidine rings is 1. The molecule has 0 saturated carbocycles. The number of carbonyl (C=O) groups is 1. The summed E-state index contributed by atoms with van der Waals surface area (Å²) in [5, 5.41) is 3.33. The number of para-hydroxylation sites is 1. The van der Waals surface area contributed by atoms with Crippen molar-refractivity contribution >= 4 is 11.6 Å². The van der Waals surface area contributed by atoms with E-state index < -0.39 is 6.17 Å². The van der Waals surface area contributed by atoms with Gasteiger partial charge in [-0.3, -0.25) is 4.79 Å². The maximum absolute atomic E-state index is 14.2. The van der Waals surface area contributed by atoms with E-state index in [-0.39, 0.29) is 18.5 Å². The molecule has 2 rings (SSSR count). The number of nitrogens with zero attached hydrogens (tertiary/aromatic N) is 1. The van der Waals surface area contributed by atoms with Crippen molar-refractivity contribution in [2.24, 2.45) is 0 Å². The Balaban J connectivity index is 2.06. The minimum Gasteiger partial charge on any atom is -0.379 e. The van der Waals surface area contributed by atoms with Crippen LogP contribution < -0.4 is 5.32 Å². The first-order valence-electron chi connectivity index (χ1n) is 7.24. The molecule has 1 fully saturated rings. The van der Waals surface area contributed by atoms with Crippen LogP contribution in [0, 0.1) is 0 Å². The van der Waals surface area contributed by atoms with Crippen LogP contribution >= 0.6 is 0 Å². The molecule has 0 unspecified atom stereocenters. The maximum Gasteiger partial charge on any atom is 0.219 e. The van der Waals surface area contributed by atoms with E-state index in [9.17, 15) is 9.18 Å². The maximum atomic E-state index is 14.2. The minimum absolute atomic E-state index is 0.0475. The highest BCUT2D eigenvalue weighted by atomic mass is 19.1. The van der Waals surface area contributed by atoms with Crippen molar-refractivity contribution in [3.8, 4) is 0 Å². The fourth-order valence-corrected chi connectivity index (χ4v) is 2.69. The molecule has 110 valence electrons. The highest BCUT2D eigenvalue weighted by molar-refractivity contribution is 5.73. The molecule has 0 aliphatic carbocycles. The van der Waals surface area contributed by atoms with Gasteiger partial charge in [0.1, 0.15) is 6.17 Å². The molecule has 1 aliphatic heterocycles. The zero-order valence-corrected chi connectivity index (χ0v) is 12.4. The Bertz CT molecular complexity index is 475. The van der Waals surface area contributed by atoms with E-state index in [0.717, 1.165) is 5.69 Å². The van der Waals surface area contributed by atoms with Crippen LogP contribution in [0.2, 0.25) is 0 Å². The summed E-state index contributed by atoms with van der Waals surface area (Å²) in [6.45, 7) is 6.57. The summed E-state index contributed by atoms with van der Waals surface area (Å²) in [5.74, 6) is 0.350. The van der Waals surface area contributed by atoms with Crippen LogP contribution in [0.1, 0.15) is 38.7 Å². The zero-order valence-electron chi connectivity index (χ0n) is 12.4. The van der Waals surface area contributed by atoms with E-state index in [4.69, 9.17) is 0 Å². The molecule has 1 N–H and O–H groups in total. The predicted molar refractivity (Wildman–Crippen MR) is 79.7 cm³/mol. The SMILES string of the molecule is CC(=O)N1CC[C@H](Nc2ccccc2C(C)C)[C@H](F)C1. The Morgan fingerprint density at radius 3 is 2.70 bits per heavy atom. The molecule has 1 saturated heterocycles. The van der Waals surface area contributed by atoms with Gasteiger partial charge in [0.25, 0.3) is 0 Å². The summed E-state index contributed by atoms with van der Waals surface area (Å²) in [5.41, 5.74) is 2.21. The van der Waals surface area contributed by atoms with Crippen LogP contribution in [0.5, 0.6) is 0 Å². The van der Waals surface area contributed by atoms with E-state index in [2.05, 4.69) is 25.2 Å². The number of nitrogens with one attached hydrogen (secondary N) is 1. The number of anilines is 1. The minimum atomic E-state index is -1.02. The molecule has 0 aromatic heterocycles. The number of amides is 1. The molecule has 0 spiro atoms. The highest BCUT2D eigenvalue weighted by Gasteiger charge is 2.30. The van der Waals surface area contributed by atoms with Gasteiger partial charge in [0.15, 0.2) is 0 Å². The van der Waals surface area contributed by atoms with Gasteiger partial charge in [-0.15, -0.1) is 0 Å². The van der Waals surface area contributed by atoms with Crippen LogP contribution in [-0.4, -0.2) is 36.1 Å². The molecule has 3 nitrogen and oxygen atoms in total. The highest BCUT2D eigenvalue weighted by Crippen LogP contribution is 2.26. The standard InChI is InChI=1S/C16H23FN2O/c1-11(2)13-6-4-5-7-15(13)18-16-8-9-19(12(3)20)10-14(16)17/h4-7,11,14,16,18H,8-10H2,1-3H3/t14-,16+/m1/s1. The Kier molecular flexibility index (Phi) is 4.63. The molecule has 1 aliphatic rings. The van der Waals surface area contributed by atoms with Crippen LogP contribution in [0.25, 0.3) is 0 Å². The summed E-state index contributed by atoms with van der Waals surface area (Å²) in [6.07, 6.45) is -0.374. The summed E-state index contributed by atoms with van der Waals surface area (Å²) in [6, 6.07) is 7.83. The summed E-state index contributed by atoms with van der Waals surface area (Å²) in [4.78, 5) is 12.9. The molecule has 1 amide bonds. The van der Waals surface area contributed by atoms with Crippen molar-refractivity contribution in [3.05, 3.63) is 29.8 Å². The van der Waals surface area contributed by atoms with Gasteiger partial charge in [-0.2, -0.15) is 0 Å². The lowest BCUT2D eigenvalue weighted by Crippen LogP contribution is -2.49. The molecule has 1 heterocycles. The Morgan fingerprint density at radius 1 is 1.40 bits per heavy atom. The van der Waals surface area contributed by atoms with Crippen LogP contribution in [0.4, 0.5) is 10.1 Å². The normalized spacial score (nSPS) is 22.9. The first kappa shape index (κ1) is 14.8. The third-order valence-electron chi connectivity index (χ3n) is 3.91. The number of hydrogen-bond acceptors (Lipinski definition) is 2.